The Morgan fingerprint density at radius 2 is 2.10 bits per heavy atom. The van der Waals surface area contributed by atoms with Crippen molar-refractivity contribution in [2.75, 3.05) is 0 Å². The van der Waals surface area contributed by atoms with Crippen LogP contribution < -0.4 is 5.32 Å². The first-order valence-electron chi connectivity index (χ1n) is 7.84. The quantitative estimate of drug-likeness (QED) is 0.902. The topological polar surface area (TPSA) is 52.9 Å². The largest absolute Gasteiger partial charge is 0.340 e. The highest BCUT2D eigenvalue weighted by molar-refractivity contribution is 5.79. The summed E-state index contributed by atoms with van der Waals surface area (Å²) in [4.78, 5) is 12.3. The maximum absolute atomic E-state index is 12.3. The average Bonchev–Trinajstić information content (AvgIpc) is 2.93. The second-order valence-electron chi connectivity index (χ2n) is 6.35. The van der Waals surface area contributed by atoms with Crippen molar-refractivity contribution in [3.05, 3.63) is 35.9 Å². The minimum Gasteiger partial charge on any atom is -0.340 e. The molecule has 1 N–H and O–H groups in total. The van der Waals surface area contributed by atoms with Crippen molar-refractivity contribution in [2.45, 2.75) is 45.6 Å². The Balaban J connectivity index is 1.89. The van der Waals surface area contributed by atoms with Crippen molar-refractivity contribution in [3.63, 3.8) is 0 Å². The molecule has 1 fully saturated rings. The van der Waals surface area contributed by atoms with Crippen molar-refractivity contribution in [2.24, 2.45) is 17.8 Å². The summed E-state index contributed by atoms with van der Waals surface area (Å²) in [6.07, 6.45) is 4.04. The summed E-state index contributed by atoms with van der Waals surface area (Å²) in [5.41, 5.74) is 1.08. The van der Waals surface area contributed by atoms with Crippen LogP contribution in [-0.4, -0.2) is 11.9 Å². The normalized spacial score (nSPS) is 24.0. The zero-order valence-corrected chi connectivity index (χ0v) is 12.9. The van der Waals surface area contributed by atoms with Gasteiger partial charge in [0, 0.05) is 12.3 Å². The number of hydrogen-bond acceptors (Lipinski definition) is 2. The molecule has 0 saturated heterocycles. The Labute approximate surface area is 127 Å². The van der Waals surface area contributed by atoms with Crippen LogP contribution in [0.5, 0.6) is 0 Å². The van der Waals surface area contributed by atoms with E-state index in [0.29, 0.717) is 12.3 Å². The van der Waals surface area contributed by atoms with Crippen LogP contribution in [0.15, 0.2) is 30.3 Å². The molecule has 4 unspecified atom stereocenters. The average molecular weight is 284 g/mol. The fourth-order valence-electron chi connectivity index (χ4n) is 3.20. The first-order chi connectivity index (χ1) is 10.1. The molecule has 1 aliphatic rings. The number of carbonyl (C=O) groups is 1. The maximum Gasteiger partial charge on any atom is 0.224 e. The van der Waals surface area contributed by atoms with E-state index in [-0.39, 0.29) is 11.8 Å². The number of benzene rings is 1. The molecule has 4 atom stereocenters. The summed E-state index contributed by atoms with van der Waals surface area (Å²) >= 11 is 0. The fraction of sp³-hybridized carbons (Fsp3) is 0.556. The Morgan fingerprint density at radius 1 is 1.38 bits per heavy atom. The molecular weight excluding hydrogens is 260 g/mol. The van der Waals surface area contributed by atoms with Gasteiger partial charge in [0.15, 0.2) is 0 Å². The van der Waals surface area contributed by atoms with Crippen molar-refractivity contribution in [1.82, 2.24) is 5.32 Å². The minimum atomic E-state index is -0.443. The molecule has 0 bridgehead atoms. The van der Waals surface area contributed by atoms with Gasteiger partial charge in [0.05, 0.1) is 6.07 Å². The molecule has 0 aliphatic heterocycles. The SMILES string of the molecule is CC1CCC(C(C)C(=O)NC(C#N)Cc2ccccc2)C1. The van der Waals surface area contributed by atoms with E-state index in [4.69, 9.17) is 0 Å². The van der Waals surface area contributed by atoms with Crippen LogP contribution in [0.25, 0.3) is 0 Å². The van der Waals surface area contributed by atoms with Gasteiger partial charge in [0.25, 0.3) is 0 Å². The zero-order chi connectivity index (χ0) is 15.2. The highest BCUT2D eigenvalue weighted by atomic mass is 16.1. The Bertz CT molecular complexity index is 506. The third-order valence-corrected chi connectivity index (χ3v) is 4.61. The lowest BCUT2D eigenvalue weighted by Gasteiger charge is -2.20. The molecular formula is C18H24N2O. The summed E-state index contributed by atoms with van der Waals surface area (Å²) in [6.45, 7) is 4.24. The second-order valence-corrected chi connectivity index (χ2v) is 6.35. The Kier molecular flexibility index (Phi) is 5.38. The van der Waals surface area contributed by atoms with Crippen LogP contribution in [0.3, 0.4) is 0 Å². The van der Waals surface area contributed by atoms with Gasteiger partial charge < -0.3 is 5.32 Å². The predicted octanol–water partition coefficient (Wildman–Crippen LogP) is 3.31. The standard InChI is InChI=1S/C18H24N2O/c1-13-8-9-16(10-13)14(2)18(21)20-17(12-19)11-15-6-4-3-5-7-15/h3-7,13-14,16-17H,8-11H2,1-2H3,(H,20,21). The summed E-state index contributed by atoms with van der Waals surface area (Å²) in [5, 5.41) is 12.2. The van der Waals surface area contributed by atoms with Crippen LogP contribution in [0.2, 0.25) is 0 Å². The van der Waals surface area contributed by atoms with E-state index in [1.54, 1.807) is 0 Å². The van der Waals surface area contributed by atoms with E-state index in [2.05, 4.69) is 18.3 Å². The van der Waals surface area contributed by atoms with E-state index in [1.165, 1.54) is 6.42 Å². The van der Waals surface area contributed by atoms with Gasteiger partial charge in [-0.25, -0.2) is 0 Å². The number of amides is 1. The van der Waals surface area contributed by atoms with Gasteiger partial charge in [-0.05, 0) is 30.2 Å². The molecule has 2 rings (SSSR count). The predicted molar refractivity (Wildman–Crippen MR) is 83.4 cm³/mol. The lowest BCUT2D eigenvalue weighted by atomic mass is 9.90. The molecule has 0 aromatic heterocycles. The van der Waals surface area contributed by atoms with Crippen LogP contribution in [0.4, 0.5) is 0 Å². The van der Waals surface area contributed by atoms with Gasteiger partial charge >= 0.3 is 0 Å². The molecule has 0 spiro atoms. The molecule has 21 heavy (non-hydrogen) atoms. The van der Waals surface area contributed by atoms with E-state index in [0.717, 1.165) is 24.3 Å². The first kappa shape index (κ1) is 15.6. The van der Waals surface area contributed by atoms with E-state index >= 15 is 0 Å². The third-order valence-electron chi connectivity index (χ3n) is 4.61. The molecule has 1 aliphatic carbocycles. The van der Waals surface area contributed by atoms with Gasteiger partial charge in [-0.15, -0.1) is 0 Å². The van der Waals surface area contributed by atoms with Crippen molar-refractivity contribution in [3.8, 4) is 6.07 Å². The number of nitrogens with zero attached hydrogens (tertiary/aromatic N) is 1. The third kappa shape index (κ3) is 4.32. The van der Waals surface area contributed by atoms with Crippen LogP contribution in [0, 0.1) is 29.1 Å². The molecule has 3 nitrogen and oxygen atoms in total. The highest BCUT2D eigenvalue weighted by Gasteiger charge is 2.30. The van der Waals surface area contributed by atoms with Gasteiger partial charge in [-0.1, -0.05) is 50.6 Å². The van der Waals surface area contributed by atoms with Crippen LogP contribution in [0.1, 0.15) is 38.7 Å². The number of hydrogen-bond donors (Lipinski definition) is 1. The van der Waals surface area contributed by atoms with Crippen molar-refractivity contribution < 1.29 is 4.79 Å². The van der Waals surface area contributed by atoms with E-state index in [1.807, 2.05) is 37.3 Å². The zero-order valence-electron chi connectivity index (χ0n) is 12.9. The first-order valence-corrected chi connectivity index (χ1v) is 7.84. The highest BCUT2D eigenvalue weighted by Crippen LogP contribution is 2.35. The fourth-order valence-corrected chi connectivity index (χ4v) is 3.20. The number of nitrogens with one attached hydrogen (secondary N) is 1. The summed E-state index contributed by atoms with van der Waals surface area (Å²) in [7, 11) is 0. The summed E-state index contributed by atoms with van der Waals surface area (Å²) in [5.74, 6) is 1.22. The maximum atomic E-state index is 12.3. The summed E-state index contributed by atoms with van der Waals surface area (Å²) in [6, 6.07) is 11.6. The molecule has 0 radical (unpaired) electrons. The molecule has 1 aromatic rings. The lowest BCUT2D eigenvalue weighted by Crippen LogP contribution is -2.40. The lowest BCUT2D eigenvalue weighted by molar-refractivity contribution is -0.126. The van der Waals surface area contributed by atoms with Crippen LogP contribution >= 0.6 is 0 Å². The van der Waals surface area contributed by atoms with Crippen molar-refractivity contribution >= 4 is 5.91 Å². The number of nitriles is 1. The Morgan fingerprint density at radius 3 is 2.67 bits per heavy atom. The number of carbonyl (C=O) groups excluding carboxylic acids is 1. The smallest absolute Gasteiger partial charge is 0.224 e. The van der Waals surface area contributed by atoms with Crippen LogP contribution in [-0.2, 0) is 11.2 Å². The summed E-state index contributed by atoms with van der Waals surface area (Å²) < 4.78 is 0. The van der Waals surface area contributed by atoms with Gasteiger partial charge in [0.2, 0.25) is 5.91 Å². The van der Waals surface area contributed by atoms with E-state index < -0.39 is 6.04 Å². The molecule has 1 aromatic carbocycles. The molecule has 3 heteroatoms. The molecule has 1 amide bonds. The van der Waals surface area contributed by atoms with E-state index in [9.17, 15) is 10.1 Å². The van der Waals surface area contributed by atoms with Crippen molar-refractivity contribution in [1.29, 1.82) is 5.26 Å². The molecule has 112 valence electrons. The Hall–Kier alpha value is -1.82. The van der Waals surface area contributed by atoms with Gasteiger partial charge in [-0.2, -0.15) is 5.26 Å². The number of rotatable bonds is 5. The van der Waals surface area contributed by atoms with Gasteiger partial charge in [-0.3, -0.25) is 4.79 Å². The second kappa shape index (κ2) is 7.26. The molecule has 0 heterocycles. The minimum absolute atomic E-state index is 0.00146. The van der Waals surface area contributed by atoms with Gasteiger partial charge in [0.1, 0.15) is 6.04 Å². The monoisotopic (exact) mass is 284 g/mol. The molecule has 1 saturated carbocycles.